The standard InChI is InChI=1S/C45H74NO7P/c46-21-23-52-54(48,49)53-27-30(50-22-11-7-2-1-4-8-12-28-15-16-35-36(24-28)41-32-18-17-31(32)40(35)41)26-51-38(47)14-10-6-3-5-9-13-29-25-37-39(29)45-43-34-20-19-33(34)42(43)44(37)45/h28-37,39-45H,1-27,46H2,(H,48,49)/t28?,29?,30-,31?,32?,33?,34?,35?,36?,37?,39?,40?,41?,42?,43?,44?,45?/m1/s1. The molecule has 9 aliphatic rings. The SMILES string of the molecule is NCCOP(=O)(O)OC[C@@H](COC(=O)CCCCCCCC1CC2C1C1C3C4CCC4C3C21)OCCCCCCCCC1CCC2C(C1)C1C3CCC3C21. The van der Waals surface area contributed by atoms with Crippen molar-refractivity contribution in [2.75, 3.05) is 33.0 Å². The predicted octanol–water partition coefficient (Wildman–Crippen LogP) is 9.57. The summed E-state index contributed by atoms with van der Waals surface area (Å²) in [6, 6.07) is 0. The fourth-order valence-electron chi connectivity index (χ4n) is 15.4. The lowest BCUT2D eigenvalue weighted by Crippen LogP contribution is -2.80. The molecule has 0 amide bonds. The van der Waals surface area contributed by atoms with E-state index in [0.29, 0.717) is 13.0 Å². The topological polar surface area (TPSA) is 117 Å². The average Bonchev–Trinajstić information content (AvgIpc) is 3.13. The molecule has 9 rings (SSSR count). The zero-order valence-corrected chi connectivity index (χ0v) is 34.2. The van der Waals surface area contributed by atoms with Crippen LogP contribution < -0.4 is 5.73 Å². The molecule has 0 aromatic rings. The number of ether oxygens (including phenoxy) is 2. The molecule has 0 saturated heterocycles. The number of rotatable bonds is 26. The number of unbranched alkanes of at least 4 members (excludes halogenated alkanes) is 9. The molecular formula is C45H74NO7P. The van der Waals surface area contributed by atoms with Gasteiger partial charge >= 0.3 is 13.8 Å². The molecule has 9 heteroatoms. The molecule has 0 aromatic heterocycles. The monoisotopic (exact) mass is 772 g/mol. The van der Waals surface area contributed by atoms with Gasteiger partial charge in [0.05, 0.1) is 13.2 Å². The Morgan fingerprint density at radius 3 is 1.93 bits per heavy atom. The summed E-state index contributed by atoms with van der Waals surface area (Å²) in [6.07, 6.45) is 27.8. The molecule has 3 N–H and O–H groups in total. The van der Waals surface area contributed by atoms with E-state index in [2.05, 4.69) is 0 Å². The summed E-state index contributed by atoms with van der Waals surface area (Å²) in [6.45, 7) is 0.393. The summed E-state index contributed by atoms with van der Waals surface area (Å²) in [5.41, 5.74) is 5.41. The first-order valence-electron chi connectivity index (χ1n) is 23.5. The number of nitrogens with two attached hydrogens (primary N) is 1. The second-order valence-electron chi connectivity index (χ2n) is 20.3. The lowest BCUT2D eigenvalue weighted by molar-refractivity contribution is -0.375. The Hall–Kier alpha value is -0.500. The molecule has 306 valence electrons. The highest BCUT2D eigenvalue weighted by molar-refractivity contribution is 7.47. The first-order valence-corrected chi connectivity index (χ1v) is 25.0. The van der Waals surface area contributed by atoms with Crippen molar-refractivity contribution in [2.45, 2.75) is 147 Å². The summed E-state index contributed by atoms with van der Waals surface area (Å²) >= 11 is 0. The Morgan fingerprint density at radius 2 is 1.19 bits per heavy atom. The number of phosphoric ester groups is 1. The molecule has 0 heterocycles. The van der Waals surface area contributed by atoms with Crippen molar-refractivity contribution in [1.29, 1.82) is 0 Å². The Kier molecular flexibility index (Phi) is 12.3. The molecular weight excluding hydrogens is 697 g/mol. The third-order valence-corrected chi connectivity index (χ3v) is 19.1. The second kappa shape index (κ2) is 17.0. The zero-order chi connectivity index (χ0) is 36.8. The molecule has 0 radical (unpaired) electrons. The third kappa shape index (κ3) is 7.48. The van der Waals surface area contributed by atoms with E-state index in [0.717, 1.165) is 96.7 Å². The molecule has 0 aromatic carbocycles. The molecule has 8 nitrogen and oxygen atoms in total. The third-order valence-electron chi connectivity index (χ3n) is 18.1. The van der Waals surface area contributed by atoms with Crippen LogP contribution in [0.15, 0.2) is 0 Å². The van der Waals surface area contributed by atoms with Crippen LogP contribution >= 0.6 is 7.82 Å². The predicted molar refractivity (Wildman–Crippen MR) is 209 cm³/mol. The van der Waals surface area contributed by atoms with Gasteiger partial charge in [-0.25, -0.2) is 4.57 Å². The Bertz CT molecular complexity index is 1320. The maximum Gasteiger partial charge on any atom is 0.472 e. The highest BCUT2D eigenvalue weighted by Crippen LogP contribution is 2.84. The molecule has 0 aliphatic heterocycles. The first kappa shape index (κ1) is 39.0. The normalized spacial score (nSPS) is 43.9. The van der Waals surface area contributed by atoms with Gasteiger partial charge in [-0.15, -0.1) is 0 Å². The minimum Gasteiger partial charge on any atom is -0.463 e. The van der Waals surface area contributed by atoms with E-state index in [1.165, 1.54) is 101 Å². The van der Waals surface area contributed by atoms with Crippen molar-refractivity contribution < 1.29 is 32.8 Å². The molecule has 0 spiro atoms. The van der Waals surface area contributed by atoms with Gasteiger partial charge < -0.3 is 20.1 Å². The lowest BCUT2D eigenvalue weighted by atomic mass is 9.20. The zero-order valence-electron chi connectivity index (χ0n) is 33.3. The summed E-state index contributed by atoms with van der Waals surface area (Å²) in [4.78, 5) is 22.6. The van der Waals surface area contributed by atoms with Gasteiger partial charge in [0.25, 0.3) is 0 Å². The minimum atomic E-state index is -4.24. The first-order chi connectivity index (χ1) is 26.4. The number of hydrogen-bond donors (Lipinski definition) is 2. The smallest absolute Gasteiger partial charge is 0.463 e. The maximum absolute atomic E-state index is 12.6. The van der Waals surface area contributed by atoms with Crippen LogP contribution in [0.3, 0.4) is 0 Å². The van der Waals surface area contributed by atoms with Gasteiger partial charge in [-0.2, -0.15) is 0 Å². The average molecular weight is 772 g/mol. The summed E-state index contributed by atoms with van der Waals surface area (Å²) in [5, 5.41) is 0. The number of esters is 1. The van der Waals surface area contributed by atoms with E-state index in [4.69, 9.17) is 24.3 Å². The van der Waals surface area contributed by atoms with Crippen molar-refractivity contribution in [3.05, 3.63) is 0 Å². The van der Waals surface area contributed by atoms with Crippen LogP contribution in [0, 0.1) is 94.7 Å². The molecule has 54 heavy (non-hydrogen) atoms. The van der Waals surface area contributed by atoms with Crippen molar-refractivity contribution in [3.8, 4) is 0 Å². The number of carbonyl (C=O) groups excluding carboxylic acids is 1. The van der Waals surface area contributed by atoms with Gasteiger partial charge in [-0.3, -0.25) is 13.8 Å². The van der Waals surface area contributed by atoms with Crippen LogP contribution in [-0.2, 0) is 27.9 Å². The maximum atomic E-state index is 12.6. The molecule has 9 aliphatic carbocycles. The Morgan fingerprint density at radius 1 is 0.593 bits per heavy atom. The van der Waals surface area contributed by atoms with Crippen LogP contribution in [-0.4, -0.2) is 49.9 Å². The van der Waals surface area contributed by atoms with E-state index in [1.54, 1.807) is 32.1 Å². The van der Waals surface area contributed by atoms with Gasteiger partial charge in [0.15, 0.2) is 0 Å². The number of carbonyl (C=O) groups is 1. The van der Waals surface area contributed by atoms with Crippen LogP contribution in [0.2, 0.25) is 0 Å². The van der Waals surface area contributed by atoms with Crippen LogP contribution in [0.5, 0.6) is 0 Å². The Balaban J connectivity index is 0.589. The Labute approximate surface area is 326 Å². The van der Waals surface area contributed by atoms with Crippen LogP contribution in [0.1, 0.15) is 141 Å². The van der Waals surface area contributed by atoms with E-state index >= 15 is 0 Å². The number of hydrogen-bond acceptors (Lipinski definition) is 7. The highest BCUT2D eigenvalue weighted by atomic mass is 31.2. The van der Waals surface area contributed by atoms with Gasteiger partial charge in [0, 0.05) is 19.6 Å². The molecule has 9 saturated carbocycles. The molecule has 18 atom stereocenters. The van der Waals surface area contributed by atoms with Crippen molar-refractivity contribution >= 4 is 13.8 Å². The number of fused-ring (bicyclic) bond motifs is 17. The van der Waals surface area contributed by atoms with Gasteiger partial charge in [-0.05, 0) is 152 Å². The molecule has 9 fully saturated rings. The summed E-state index contributed by atoms with van der Waals surface area (Å²) in [5.74, 6) is 17.8. The van der Waals surface area contributed by atoms with Gasteiger partial charge in [0.1, 0.15) is 12.7 Å². The van der Waals surface area contributed by atoms with Crippen molar-refractivity contribution in [3.63, 3.8) is 0 Å². The minimum absolute atomic E-state index is 0.00946. The van der Waals surface area contributed by atoms with E-state index in [1.807, 2.05) is 0 Å². The van der Waals surface area contributed by atoms with Gasteiger partial charge in [0.2, 0.25) is 0 Å². The summed E-state index contributed by atoms with van der Waals surface area (Å²) < 4.78 is 33.9. The van der Waals surface area contributed by atoms with Crippen molar-refractivity contribution in [2.24, 2.45) is 100 Å². The molecule has 0 bridgehead atoms. The second-order valence-corrected chi connectivity index (χ2v) is 21.7. The van der Waals surface area contributed by atoms with E-state index in [9.17, 15) is 14.3 Å². The van der Waals surface area contributed by atoms with E-state index < -0.39 is 13.9 Å². The van der Waals surface area contributed by atoms with Crippen LogP contribution in [0.25, 0.3) is 0 Å². The summed E-state index contributed by atoms with van der Waals surface area (Å²) in [7, 11) is -4.24. The fourth-order valence-corrected chi connectivity index (χ4v) is 16.2. The lowest BCUT2D eigenvalue weighted by Gasteiger charge is -2.85. The van der Waals surface area contributed by atoms with Crippen molar-refractivity contribution in [1.82, 2.24) is 0 Å². The van der Waals surface area contributed by atoms with Crippen LogP contribution in [0.4, 0.5) is 0 Å². The highest BCUT2D eigenvalue weighted by Gasteiger charge is 2.79. The van der Waals surface area contributed by atoms with E-state index in [-0.39, 0.29) is 32.3 Å². The molecule has 17 unspecified atom stereocenters. The largest absolute Gasteiger partial charge is 0.472 e. The quantitative estimate of drug-likeness (QED) is 0.0387. The van der Waals surface area contributed by atoms with Gasteiger partial charge in [-0.1, -0.05) is 77.0 Å². The fraction of sp³-hybridized carbons (Fsp3) is 0.978. The number of phosphoric acid groups is 1.